The van der Waals surface area contributed by atoms with Gasteiger partial charge in [0.05, 0.1) is 6.10 Å². The van der Waals surface area contributed by atoms with E-state index in [-0.39, 0.29) is 24.2 Å². The molecule has 0 aromatic carbocycles. The van der Waals surface area contributed by atoms with Crippen molar-refractivity contribution in [2.75, 3.05) is 26.2 Å². The fourth-order valence-electron chi connectivity index (χ4n) is 3.25. The Bertz CT molecular complexity index is 438. The van der Waals surface area contributed by atoms with Crippen LogP contribution in [-0.2, 0) is 14.3 Å². The molecule has 0 aromatic heterocycles. The second-order valence-electron chi connectivity index (χ2n) is 7.50. The minimum Gasteiger partial charge on any atom is -0.444 e. The Kier molecular flexibility index (Phi) is 5.55. The highest BCUT2D eigenvalue weighted by molar-refractivity contribution is 5.81. The van der Waals surface area contributed by atoms with E-state index >= 15 is 0 Å². The van der Waals surface area contributed by atoms with Crippen LogP contribution in [0, 0.1) is 5.92 Å². The number of morpholine rings is 1. The minimum absolute atomic E-state index is 0.0726. The molecule has 132 valence electrons. The lowest BCUT2D eigenvalue weighted by molar-refractivity contribution is -0.165. The molecule has 1 unspecified atom stereocenters. The van der Waals surface area contributed by atoms with Gasteiger partial charge in [-0.1, -0.05) is 0 Å². The van der Waals surface area contributed by atoms with E-state index in [0.29, 0.717) is 25.6 Å². The van der Waals surface area contributed by atoms with Gasteiger partial charge in [-0.25, -0.2) is 4.79 Å². The molecule has 6 heteroatoms. The van der Waals surface area contributed by atoms with Crippen molar-refractivity contribution in [2.45, 2.75) is 65.3 Å². The average molecular weight is 326 g/mol. The van der Waals surface area contributed by atoms with Crippen LogP contribution < -0.4 is 0 Å². The lowest BCUT2D eigenvalue weighted by atomic mass is 9.90. The van der Waals surface area contributed by atoms with E-state index in [9.17, 15) is 9.59 Å². The molecular weight excluding hydrogens is 296 g/mol. The number of ether oxygens (including phenoxy) is 2. The molecule has 6 nitrogen and oxygen atoms in total. The van der Waals surface area contributed by atoms with Gasteiger partial charge in [-0.05, 0) is 53.4 Å². The number of amides is 2. The molecule has 23 heavy (non-hydrogen) atoms. The van der Waals surface area contributed by atoms with Gasteiger partial charge >= 0.3 is 6.09 Å². The minimum atomic E-state index is -0.460. The monoisotopic (exact) mass is 326 g/mol. The molecule has 2 fully saturated rings. The third-order valence-electron chi connectivity index (χ3n) is 4.54. The average Bonchev–Trinajstić information content (AvgIpc) is 2.48. The molecule has 0 spiro atoms. The van der Waals surface area contributed by atoms with Gasteiger partial charge in [0.1, 0.15) is 11.7 Å². The Morgan fingerprint density at radius 3 is 2.43 bits per heavy atom. The fraction of sp³-hybridized carbons (Fsp3) is 0.882. The summed E-state index contributed by atoms with van der Waals surface area (Å²) in [5, 5.41) is 0. The van der Waals surface area contributed by atoms with Crippen LogP contribution in [0.25, 0.3) is 0 Å². The first-order valence-electron chi connectivity index (χ1n) is 8.63. The highest BCUT2D eigenvalue weighted by Crippen LogP contribution is 2.28. The summed E-state index contributed by atoms with van der Waals surface area (Å²) in [7, 11) is 0. The maximum absolute atomic E-state index is 12.1. The molecule has 0 saturated carbocycles. The van der Waals surface area contributed by atoms with Gasteiger partial charge in [-0.3, -0.25) is 4.79 Å². The topological polar surface area (TPSA) is 59.1 Å². The van der Waals surface area contributed by atoms with Crippen LogP contribution in [-0.4, -0.2) is 65.8 Å². The lowest BCUT2D eigenvalue weighted by Gasteiger charge is -2.42. The van der Waals surface area contributed by atoms with Gasteiger partial charge in [0, 0.05) is 26.2 Å². The molecule has 2 heterocycles. The standard InChI is InChI=1S/C17H30N2O4/c1-6-18-11-14(22-12(2)15(18)20)13-7-9-19(10-8-13)16(21)23-17(3,4)5/h12-14H,6-11H2,1-5H3/t12-,14?/m0/s1. The predicted molar refractivity (Wildman–Crippen MR) is 87.1 cm³/mol. The fourth-order valence-corrected chi connectivity index (χ4v) is 3.25. The normalized spacial score (nSPS) is 27.3. The summed E-state index contributed by atoms with van der Waals surface area (Å²) < 4.78 is 11.3. The molecule has 2 saturated heterocycles. The van der Waals surface area contributed by atoms with Crippen molar-refractivity contribution in [2.24, 2.45) is 5.92 Å². The Morgan fingerprint density at radius 1 is 1.30 bits per heavy atom. The number of carbonyl (C=O) groups excluding carboxylic acids is 2. The molecule has 2 rings (SSSR count). The van der Waals surface area contributed by atoms with Gasteiger partial charge in [0.2, 0.25) is 0 Å². The van der Waals surface area contributed by atoms with Crippen molar-refractivity contribution in [3.8, 4) is 0 Å². The van der Waals surface area contributed by atoms with Crippen LogP contribution in [0.1, 0.15) is 47.5 Å². The van der Waals surface area contributed by atoms with Crippen molar-refractivity contribution in [3.63, 3.8) is 0 Å². The molecule has 2 aliphatic rings. The zero-order chi connectivity index (χ0) is 17.2. The van der Waals surface area contributed by atoms with Crippen molar-refractivity contribution >= 4 is 12.0 Å². The first-order chi connectivity index (χ1) is 10.7. The highest BCUT2D eigenvalue weighted by atomic mass is 16.6. The third kappa shape index (κ3) is 4.59. The van der Waals surface area contributed by atoms with Crippen molar-refractivity contribution in [1.82, 2.24) is 9.80 Å². The summed E-state index contributed by atoms with van der Waals surface area (Å²) in [5.74, 6) is 0.466. The molecular formula is C17H30N2O4. The Labute approximate surface area is 139 Å². The van der Waals surface area contributed by atoms with Crippen LogP contribution in [0.2, 0.25) is 0 Å². The zero-order valence-electron chi connectivity index (χ0n) is 15.0. The zero-order valence-corrected chi connectivity index (χ0v) is 15.0. The number of carbonyl (C=O) groups is 2. The number of hydrogen-bond acceptors (Lipinski definition) is 4. The highest BCUT2D eigenvalue weighted by Gasteiger charge is 2.37. The number of likely N-dealkylation sites (tertiary alicyclic amines) is 1. The summed E-state index contributed by atoms with van der Waals surface area (Å²) >= 11 is 0. The maximum atomic E-state index is 12.1. The van der Waals surface area contributed by atoms with Gasteiger partial charge in [0.15, 0.2) is 0 Å². The molecule has 0 N–H and O–H groups in total. The van der Waals surface area contributed by atoms with Crippen LogP contribution in [0.15, 0.2) is 0 Å². The molecule has 2 aliphatic heterocycles. The van der Waals surface area contributed by atoms with E-state index in [2.05, 4.69) is 0 Å². The maximum Gasteiger partial charge on any atom is 0.410 e. The van der Waals surface area contributed by atoms with Crippen molar-refractivity contribution in [3.05, 3.63) is 0 Å². The van der Waals surface area contributed by atoms with Crippen LogP contribution in [0.4, 0.5) is 4.79 Å². The number of nitrogens with zero attached hydrogens (tertiary/aromatic N) is 2. The van der Waals surface area contributed by atoms with E-state index in [1.165, 1.54) is 0 Å². The predicted octanol–water partition coefficient (Wildman–Crippen LogP) is 2.27. The van der Waals surface area contributed by atoms with Crippen molar-refractivity contribution in [1.29, 1.82) is 0 Å². The summed E-state index contributed by atoms with van der Waals surface area (Å²) in [6.45, 7) is 12.2. The Hall–Kier alpha value is -1.30. The van der Waals surface area contributed by atoms with Gasteiger partial charge in [-0.15, -0.1) is 0 Å². The van der Waals surface area contributed by atoms with Gasteiger partial charge < -0.3 is 19.3 Å². The Balaban J connectivity index is 1.87. The van der Waals surface area contributed by atoms with Crippen LogP contribution >= 0.6 is 0 Å². The van der Waals surface area contributed by atoms with E-state index in [0.717, 1.165) is 19.4 Å². The molecule has 2 atom stereocenters. The number of piperidine rings is 1. The van der Waals surface area contributed by atoms with Crippen LogP contribution in [0.3, 0.4) is 0 Å². The summed E-state index contributed by atoms with van der Waals surface area (Å²) in [6.07, 6.45) is 1.25. The van der Waals surface area contributed by atoms with E-state index in [4.69, 9.17) is 9.47 Å². The quantitative estimate of drug-likeness (QED) is 0.781. The lowest BCUT2D eigenvalue weighted by Crippen LogP contribution is -2.54. The van der Waals surface area contributed by atoms with E-state index < -0.39 is 5.60 Å². The Morgan fingerprint density at radius 2 is 1.91 bits per heavy atom. The molecule has 0 radical (unpaired) electrons. The van der Waals surface area contributed by atoms with Crippen molar-refractivity contribution < 1.29 is 19.1 Å². The number of rotatable bonds is 2. The molecule has 0 bridgehead atoms. The first-order valence-corrected chi connectivity index (χ1v) is 8.63. The number of likely N-dealkylation sites (N-methyl/N-ethyl adjacent to an activating group) is 1. The molecule has 2 amide bonds. The molecule has 0 aromatic rings. The number of hydrogen-bond donors (Lipinski definition) is 0. The van der Waals surface area contributed by atoms with Gasteiger partial charge in [-0.2, -0.15) is 0 Å². The van der Waals surface area contributed by atoms with E-state index in [1.54, 1.807) is 4.90 Å². The largest absolute Gasteiger partial charge is 0.444 e. The SMILES string of the molecule is CCN1CC(C2CCN(C(=O)OC(C)(C)C)CC2)O[C@@H](C)C1=O. The summed E-state index contributed by atoms with van der Waals surface area (Å²) in [4.78, 5) is 27.7. The van der Waals surface area contributed by atoms with Crippen LogP contribution in [0.5, 0.6) is 0 Å². The van der Waals surface area contributed by atoms with E-state index in [1.807, 2.05) is 39.5 Å². The first kappa shape index (κ1) is 18.0. The summed E-state index contributed by atoms with van der Waals surface area (Å²) in [6, 6.07) is 0. The third-order valence-corrected chi connectivity index (χ3v) is 4.54. The second-order valence-corrected chi connectivity index (χ2v) is 7.50. The summed E-state index contributed by atoms with van der Waals surface area (Å²) in [5.41, 5.74) is -0.460. The van der Waals surface area contributed by atoms with Gasteiger partial charge in [0.25, 0.3) is 5.91 Å². The smallest absolute Gasteiger partial charge is 0.410 e. The second kappa shape index (κ2) is 7.07. The molecule has 0 aliphatic carbocycles.